The van der Waals surface area contributed by atoms with Crippen LogP contribution in [-0.2, 0) is 14.2 Å². The van der Waals surface area contributed by atoms with E-state index >= 15 is 0 Å². The van der Waals surface area contributed by atoms with Gasteiger partial charge in [-0.05, 0) is 0 Å². The summed E-state index contributed by atoms with van der Waals surface area (Å²) < 4.78 is 18.0. The second kappa shape index (κ2) is 8.26. The second-order valence-electron chi connectivity index (χ2n) is 7.12. The largest absolute Gasteiger partial charge is 0.394 e. The molecule has 2 aliphatic rings. The van der Waals surface area contributed by atoms with Gasteiger partial charge in [0.15, 0.2) is 24.0 Å². The van der Waals surface area contributed by atoms with Crippen LogP contribution in [-0.4, -0.2) is 112 Å². The zero-order chi connectivity index (χ0) is 21.6. The van der Waals surface area contributed by atoms with Gasteiger partial charge in [-0.3, -0.25) is 4.57 Å². The lowest BCUT2D eigenvalue weighted by Crippen LogP contribution is -2.60. The molecule has 2 fully saturated rings. The number of anilines is 1. The van der Waals surface area contributed by atoms with Gasteiger partial charge in [0.1, 0.15) is 54.6 Å². The van der Waals surface area contributed by atoms with Gasteiger partial charge in [-0.25, -0.2) is 15.0 Å². The van der Waals surface area contributed by atoms with E-state index < -0.39 is 68.5 Å². The number of fused-ring (bicyclic) bond motifs is 1. The van der Waals surface area contributed by atoms with Crippen molar-refractivity contribution < 1.29 is 44.8 Å². The van der Waals surface area contributed by atoms with Gasteiger partial charge in [0.2, 0.25) is 0 Å². The van der Waals surface area contributed by atoms with Crippen molar-refractivity contribution in [3.05, 3.63) is 12.7 Å². The van der Waals surface area contributed by atoms with Crippen molar-refractivity contribution in [2.45, 2.75) is 55.2 Å². The normalized spacial score (nSPS) is 39.6. The number of aliphatic hydroxyl groups excluding tert-OH is 6. The monoisotopic (exact) mass is 429 g/mol. The van der Waals surface area contributed by atoms with Crippen molar-refractivity contribution in [1.82, 2.24) is 19.5 Å². The van der Waals surface area contributed by atoms with Crippen molar-refractivity contribution in [2.24, 2.45) is 0 Å². The highest BCUT2D eigenvalue weighted by molar-refractivity contribution is 5.81. The quantitative estimate of drug-likeness (QED) is 0.240. The highest BCUT2D eigenvalue weighted by Gasteiger charge is 2.51. The minimum atomic E-state index is -1.67. The Kier molecular flexibility index (Phi) is 5.84. The summed E-state index contributed by atoms with van der Waals surface area (Å²) in [6, 6.07) is 0. The standard InChI is InChI=1S/C16H23N5O9/c17-13-7-14(19-3-18-13)21(4-20-7)15-11(27)12(6(2-23)28-15)30-16-10(26)9(25)8(24)5(1-22)29-16/h3-6,8-12,15-16,22-27H,1-2H2,(H2,17,18,19)/t5-,6-,8-,9+,10-,11-,12-,15-,16+/m1/s1. The van der Waals surface area contributed by atoms with Crippen LogP contribution in [0.3, 0.4) is 0 Å². The molecule has 0 amide bonds. The number of hydrogen-bond donors (Lipinski definition) is 7. The van der Waals surface area contributed by atoms with Gasteiger partial charge >= 0.3 is 0 Å². The lowest BCUT2D eigenvalue weighted by molar-refractivity contribution is -0.318. The molecular formula is C16H23N5O9. The molecule has 0 saturated carbocycles. The molecular weight excluding hydrogens is 406 g/mol. The van der Waals surface area contributed by atoms with E-state index in [0.29, 0.717) is 5.52 Å². The Morgan fingerprint density at radius 3 is 2.37 bits per heavy atom. The van der Waals surface area contributed by atoms with Crippen LogP contribution < -0.4 is 5.73 Å². The van der Waals surface area contributed by atoms with Crippen LogP contribution in [0, 0.1) is 0 Å². The maximum Gasteiger partial charge on any atom is 0.187 e. The summed E-state index contributed by atoms with van der Waals surface area (Å²) in [5.41, 5.74) is 6.36. The van der Waals surface area contributed by atoms with Crippen molar-refractivity contribution >= 4 is 17.0 Å². The van der Waals surface area contributed by atoms with Crippen LogP contribution >= 0.6 is 0 Å². The summed E-state index contributed by atoms with van der Waals surface area (Å²) >= 11 is 0. The summed E-state index contributed by atoms with van der Waals surface area (Å²) in [7, 11) is 0. The molecule has 14 nitrogen and oxygen atoms in total. The molecule has 2 aromatic rings. The Morgan fingerprint density at radius 1 is 0.933 bits per heavy atom. The average Bonchev–Trinajstić information content (AvgIpc) is 3.30. The molecule has 0 aromatic carbocycles. The lowest BCUT2D eigenvalue weighted by Gasteiger charge is -2.41. The van der Waals surface area contributed by atoms with Gasteiger partial charge < -0.3 is 50.6 Å². The Hall–Kier alpha value is -2.01. The number of imidazole rings is 1. The predicted molar refractivity (Wildman–Crippen MR) is 95.4 cm³/mol. The predicted octanol–water partition coefficient (Wildman–Crippen LogP) is -4.16. The van der Waals surface area contributed by atoms with Crippen LogP contribution in [0.15, 0.2) is 12.7 Å². The van der Waals surface area contributed by atoms with E-state index in [2.05, 4.69) is 15.0 Å². The van der Waals surface area contributed by atoms with Gasteiger partial charge in [0.25, 0.3) is 0 Å². The van der Waals surface area contributed by atoms with Gasteiger partial charge in [-0.1, -0.05) is 0 Å². The number of nitrogens with two attached hydrogens (primary N) is 1. The molecule has 0 aliphatic carbocycles. The summed E-state index contributed by atoms with van der Waals surface area (Å²) in [5.74, 6) is 0.138. The molecule has 8 N–H and O–H groups in total. The molecule has 14 heteroatoms. The lowest BCUT2D eigenvalue weighted by atomic mass is 9.99. The summed E-state index contributed by atoms with van der Waals surface area (Å²) in [6.07, 6.45) is -9.68. The molecule has 0 unspecified atom stereocenters. The van der Waals surface area contributed by atoms with Crippen LogP contribution in [0.2, 0.25) is 0 Å². The Labute approximate surface area is 169 Å². The second-order valence-corrected chi connectivity index (χ2v) is 7.12. The Balaban J connectivity index is 1.57. The fraction of sp³-hybridized carbons (Fsp3) is 0.688. The zero-order valence-corrected chi connectivity index (χ0v) is 15.5. The van der Waals surface area contributed by atoms with E-state index in [1.807, 2.05) is 0 Å². The van der Waals surface area contributed by atoms with Crippen LogP contribution in [0.4, 0.5) is 5.82 Å². The first-order valence-electron chi connectivity index (χ1n) is 9.20. The Morgan fingerprint density at radius 2 is 1.67 bits per heavy atom. The first kappa shape index (κ1) is 21.2. The molecule has 4 heterocycles. The number of hydrogen-bond acceptors (Lipinski definition) is 13. The van der Waals surface area contributed by atoms with Gasteiger partial charge in [-0.15, -0.1) is 0 Å². The van der Waals surface area contributed by atoms with Crippen molar-refractivity contribution in [2.75, 3.05) is 18.9 Å². The molecule has 30 heavy (non-hydrogen) atoms. The fourth-order valence-corrected chi connectivity index (χ4v) is 3.66. The zero-order valence-electron chi connectivity index (χ0n) is 15.5. The number of aliphatic hydroxyl groups is 6. The minimum absolute atomic E-state index is 0.138. The molecule has 2 saturated heterocycles. The average molecular weight is 429 g/mol. The number of ether oxygens (including phenoxy) is 3. The van der Waals surface area contributed by atoms with E-state index in [-0.39, 0.29) is 11.5 Å². The molecule has 0 spiro atoms. The first-order valence-corrected chi connectivity index (χ1v) is 9.20. The van der Waals surface area contributed by atoms with E-state index in [0.717, 1.165) is 0 Å². The Bertz CT molecular complexity index is 882. The smallest absolute Gasteiger partial charge is 0.187 e. The highest BCUT2D eigenvalue weighted by Crippen LogP contribution is 2.35. The maximum absolute atomic E-state index is 10.8. The third-order valence-corrected chi connectivity index (χ3v) is 5.29. The summed E-state index contributed by atoms with van der Waals surface area (Å²) in [6.45, 7) is -1.18. The van der Waals surface area contributed by atoms with E-state index in [1.54, 1.807) is 0 Å². The van der Waals surface area contributed by atoms with E-state index in [1.165, 1.54) is 17.2 Å². The molecule has 2 aliphatic heterocycles. The van der Waals surface area contributed by atoms with Crippen molar-refractivity contribution in [3.63, 3.8) is 0 Å². The van der Waals surface area contributed by atoms with Gasteiger partial charge in [0.05, 0.1) is 19.5 Å². The van der Waals surface area contributed by atoms with Crippen LogP contribution in [0.1, 0.15) is 6.23 Å². The number of nitrogens with zero attached hydrogens (tertiary/aromatic N) is 4. The maximum atomic E-state index is 10.8. The number of nitrogen functional groups attached to an aromatic ring is 1. The van der Waals surface area contributed by atoms with Crippen molar-refractivity contribution in [3.8, 4) is 0 Å². The van der Waals surface area contributed by atoms with Crippen LogP contribution in [0.25, 0.3) is 11.2 Å². The highest BCUT2D eigenvalue weighted by atomic mass is 16.7. The topological polar surface area (TPSA) is 219 Å². The number of rotatable bonds is 5. The van der Waals surface area contributed by atoms with E-state index in [9.17, 15) is 30.6 Å². The first-order chi connectivity index (χ1) is 14.4. The van der Waals surface area contributed by atoms with Crippen molar-refractivity contribution in [1.29, 1.82) is 0 Å². The minimum Gasteiger partial charge on any atom is -0.394 e. The van der Waals surface area contributed by atoms with Gasteiger partial charge in [-0.2, -0.15) is 0 Å². The SMILES string of the molecule is Nc1ncnc2c1ncn2[C@@H]1O[C@H](CO)[C@@H](O[C@@H]2O[C@H](CO)[C@@H](O)[C@H](O)[C@H]2O)[C@H]1O. The van der Waals surface area contributed by atoms with E-state index in [4.69, 9.17) is 19.9 Å². The van der Waals surface area contributed by atoms with Crippen LogP contribution in [0.5, 0.6) is 0 Å². The summed E-state index contributed by atoms with van der Waals surface area (Å²) in [4.78, 5) is 12.0. The molecule has 166 valence electrons. The number of aromatic nitrogens is 4. The third kappa shape index (κ3) is 3.41. The molecule has 0 radical (unpaired) electrons. The molecule has 0 bridgehead atoms. The molecule has 2 aromatic heterocycles. The molecule has 9 atom stereocenters. The summed E-state index contributed by atoms with van der Waals surface area (Å²) in [5, 5.41) is 59.8. The van der Waals surface area contributed by atoms with Gasteiger partial charge in [0, 0.05) is 0 Å². The molecule has 4 rings (SSSR count). The third-order valence-electron chi connectivity index (χ3n) is 5.29. The fourth-order valence-electron chi connectivity index (χ4n) is 3.66.